The highest BCUT2D eigenvalue weighted by Crippen LogP contribution is 2.11. The molecule has 0 atom stereocenters. The number of benzene rings is 1. The first kappa shape index (κ1) is 17.4. The average molecular weight is 339 g/mol. The van der Waals surface area contributed by atoms with Crippen molar-refractivity contribution < 1.29 is 4.79 Å². The number of aromatic nitrogens is 2. The summed E-state index contributed by atoms with van der Waals surface area (Å²) in [6, 6.07) is 14.3. The van der Waals surface area contributed by atoms with Crippen LogP contribution in [0.2, 0.25) is 0 Å². The van der Waals surface area contributed by atoms with Gasteiger partial charge in [0.1, 0.15) is 5.82 Å². The second-order valence-corrected chi connectivity index (χ2v) is 6.66. The highest BCUT2D eigenvalue weighted by Gasteiger charge is 2.23. The van der Waals surface area contributed by atoms with E-state index < -0.39 is 0 Å². The van der Waals surface area contributed by atoms with E-state index in [2.05, 4.69) is 44.7 Å². The molecule has 132 valence electrons. The van der Waals surface area contributed by atoms with E-state index >= 15 is 0 Å². The second-order valence-electron chi connectivity index (χ2n) is 6.66. The molecule has 2 aromatic rings. The minimum atomic E-state index is -0.0389. The fourth-order valence-corrected chi connectivity index (χ4v) is 2.93. The first-order valence-corrected chi connectivity index (χ1v) is 8.77. The molecule has 0 saturated carbocycles. The standard InChI is InChI=1S/C19H25N5O/c1-15(2)20-18-9-8-17(21-22-18)19(25)24-12-10-23(11-13-24)14-16-6-4-3-5-7-16/h3-9,15H,10-14H2,1-2H3,(H,20,22). The van der Waals surface area contributed by atoms with Gasteiger partial charge in [-0.25, -0.2) is 0 Å². The first-order chi connectivity index (χ1) is 12.1. The van der Waals surface area contributed by atoms with Crippen LogP contribution in [0.4, 0.5) is 5.82 Å². The molecule has 6 nitrogen and oxygen atoms in total. The third-order valence-corrected chi connectivity index (χ3v) is 4.23. The van der Waals surface area contributed by atoms with Gasteiger partial charge in [0.25, 0.3) is 5.91 Å². The van der Waals surface area contributed by atoms with Crippen LogP contribution in [0.5, 0.6) is 0 Å². The van der Waals surface area contributed by atoms with Crippen molar-refractivity contribution in [3.05, 3.63) is 53.7 Å². The molecule has 1 saturated heterocycles. The van der Waals surface area contributed by atoms with Crippen molar-refractivity contribution >= 4 is 11.7 Å². The lowest BCUT2D eigenvalue weighted by Crippen LogP contribution is -2.48. The molecule has 2 heterocycles. The molecule has 1 aliphatic rings. The predicted molar refractivity (Wildman–Crippen MR) is 98.4 cm³/mol. The van der Waals surface area contributed by atoms with Crippen LogP contribution in [0.1, 0.15) is 29.9 Å². The van der Waals surface area contributed by atoms with E-state index in [9.17, 15) is 4.79 Å². The molecule has 25 heavy (non-hydrogen) atoms. The van der Waals surface area contributed by atoms with Crippen LogP contribution in [-0.4, -0.2) is 58.1 Å². The molecule has 0 spiro atoms. The van der Waals surface area contributed by atoms with Crippen LogP contribution in [0.15, 0.2) is 42.5 Å². The summed E-state index contributed by atoms with van der Waals surface area (Å²) in [6.45, 7) is 8.20. The Balaban J connectivity index is 1.52. The predicted octanol–water partition coefficient (Wildman–Crippen LogP) is 2.25. The van der Waals surface area contributed by atoms with Crippen molar-refractivity contribution in [2.75, 3.05) is 31.5 Å². The third kappa shape index (κ3) is 4.76. The molecule has 1 aromatic carbocycles. The molecule has 0 bridgehead atoms. The van der Waals surface area contributed by atoms with Crippen molar-refractivity contribution in [1.82, 2.24) is 20.0 Å². The number of nitrogens with zero attached hydrogens (tertiary/aromatic N) is 4. The van der Waals surface area contributed by atoms with E-state index in [0.29, 0.717) is 11.5 Å². The van der Waals surface area contributed by atoms with Gasteiger partial charge in [-0.3, -0.25) is 9.69 Å². The minimum absolute atomic E-state index is 0.0389. The van der Waals surface area contributed by atoms with Crippen LogP contribution in [-0.2, 0) is 6.54 Å². The van der Waals surface area contributed by atoms with Crippen LogP contribution >= 0.6 is 0 Å². The summed E-state index contributed by atoms with van der Waals surface area (Å²) in [5.41, 5.74) is 1.71. The highest BCUT2D eigenvalue weighted by atomic mass is 16.2. The fourth-order valence-electron chi connectivity index (χ4n) is 2.93. The van der Waals surface area contributed by atoms with Crippen molar-refractivity contribution in [2.45, 2.75) is 26.4 Å². The molecule has 0 aliphatic carbocycles. The highest BCUT2D eigenvalue weighted by molar-refractivity contribution is 5.92. The molecular weight excluding hydrogens is 314 g/mol. The number of carbonyl (C=O) groups excluding carboxylic acids is 1. The zero-order valence-corrected chi connectivity index (χ0v) is 14.9. The van der Waals surface area contributed by atoms with E-state index in [0.717, 1.165) is 32.7 Å². The first-order valence-electron chi connectivity index (χ1n) is 8.77. The van der Waals surface area contributed by atoms with Gasteiger partial charge >= 0.3 is 0 Å². The van der Waals surface area contributed by atoms with Gasteiger partial charge in [0.05, 0.1) is 0 Å². The van der Waals surface area contributed by atoms with E-state index in [1.165, 1.54) is 5.56 Å². The Bertz CT molecular complexity index is 679. The van der Waals surface area contributed by atoms with Crippen molar-refractivity contribution in [2.24, 2.45) is 0 Å². The van der Waals surface area contributed by atoms with E-state index in [1.54, 1.807) is 6.07 Å². The number of amides is 1. The van der Waals surface area contributed by atoms with Gasteiger partial charge in [-0.15, -0.1) is 10.2 Å². The Morgan fingerprint density at radius 1 is 1.04 bits per heavy atom. The van der Waals surface area contributed by atoms with Gasteiger partial charge in [0.15, 0.2) is 5.69 Å². The summed E-state index contributed by atoms with van der Waals surface area (Å²) in [6.07, 6.45) is 0. The largest absolute Gasteiger partial charge is 0.366 e. The number of rotatable bonds is 5. The number of hydrogen-bond donors (Lipinski definition) is 1. The maximum absolute atomic E-state index is 12.6. The Morgan fingerprint density at radius 3 is 2.36 bits per heavy atom. The van der Waals surface area contributed by atoms with Gasteiger partial charge in [0.2, 0.25) is 0 Å². The van der Waals surface area contributed by atoms with Gasteiger partial charge in [0, 0.05) is 38.8 Å². The summed E-state index contributed by atoms with van der Waals surface area (Å²) in [5, 5.41) is 11.3. The Labute approximate surface area is 148 Å². The molecular formula is C19H25N5O. The summed E-state index contributed by atoms with van der Waals surface area (Å²) < 4.78 is 0. The number of piperazine rings is 1. The molecule has 1 amide bonds. The van der Waals surface area contributed by atoms with Gasteiger partial charge < -0.3 is 10.2 Å². The number of carbonyl (C=O) groups is 1. The zero-order valence-electron chi connectivity index (χ0n) is 14.9. The normalized spacial score (nSPS) is 15.4. The maximum atomic E-state index is 12.6. The SMILES string of the molecule is CC(C)Nc1ccc(C(=O)N2CCN(Cc3ccccc3)CC2)nn1. The lowest BCUT2D eigenvalue weighted by atomic mass is 10.2. The zero-order chi connectivity index (χ0) is 17.6. The molecule has 1 aromatic heterocycles. The number of anilines is 1. The molecule has 1 aliphatic heterocycles. The molecule has 0 unspecified atom stereocenters. The van der Waals surface area contributed by atoms with E-state index in [-0.39, 0.29) is 11.9 Å². The van der Waals surface area contributed by atoms with Crippen molar-refractivity contribution in [3.8, 4) is 0 Å². The maximum Gasteiger partial charge on any atom is 0.274 e. The second kappa shape index (κ2) is 8.07. The van der Waals surface area contributed by atoms with Gasteiger partial charge in [-0.05, 0) is 31.5 Å². The smallest absolute Gasteiger partial charge is 0.274 e. The summed E-state index contributed by atoms with van der Waals surface area (Å²) in [7, 11) is 0. The molecule has 6 heteroatoms. The lowest BCUT2D eigenvalue weighted by Gasteiger charge is -2.34. The van der Waals surface area contributed by atoms with E-state index in [4.69, 9.17) is 0 Å². The summed E-state index contributed by atoms with van der Waals surface area (Å²) in [4.78, 5) is 16.8. The Morgan fingerprint density at radius 2 is 1.76 bits per heavy atom. The number of nitrogens with one attached hydrogen (secondary N) is 1. The van der Waals surface area contributed by atoms with Gasteiger partial charge in [-0.1, -0.05) is 30.3 Å². The topological polar surface area (TPSA) is 61.4 Å². The van der Waals surface area contributed by atoms with Gasteiger partial charge in [-0.2, -0.15) is 0 Å². The molecule has 3 rings (SSSR count). The summed E-state index contributed by atoms with van der Waals surface area (Å²) >= 11 is 0. The fraction of sp³-hybridized carbons (Fsp3) is 0.421. The third-order valence-electron chi connectivity index (χ3n) is 4.23. The molecule has 0 radical (unpaired) electrons. The average Bonchev–Trinajstić information content (AvgIpc) is 2.63. The van der Waals surface area contributed by atoms with Crippen molar-refractivity contribution in [3.63, 3.8) is 0 Å². The minimum Gasteiger partial charge on any atom is -0.366 e. The van der Waals surface area contributed by atoms with Crippen LogP contribution in [0.3, 0.4) is 0 Å². The Kier molecular flexibility index (Phi) is 5.60. The summed E-state index contributed by atoms with van der Waals surface area (Å²) in [5.74, 6) is 0.655. The van der Waals surface area contributed by atoms with Crippen molar-refractivity contribution in [1.29, 1.82) is 0 Å². The number of hydrogen-bond acceptors (Lipinski definition) is 5. The lowest BCUT2D eigenvalue weighted by molar-refractivity contribution is 0.0621. The Hall–Kier alpha value is -2.47. The van der Waals surface area contributed by atoms with E-state index in [1.807, 2.05) is 30.9 Å². The molecule has 1 N–H and O–H groups in total. The quantitative estimate of drug-likeness (QED) is 0.905. The van der Waals surface area contributed by atoms with Crippen LogP contribution in [0.25, 0.3) is 0 Å². The molecule has 1 fully saturated rings. The monoisotopic (exact) mass is 339 g/mol. The van der Waals surface area contributed by atoms with Crippen LogP contribution < -0.4 is 5.32 Å². The van der Waals surface area contributed by atoms with Crippen LogP contribution in [0, 0.1) is 0 Å².